The molecule has 2 atom stereocenters. The summed E-state index contributed by atoms with van der Waals surface area (Å²) in [5.41, 5.74) is 4.12. The summed E-state index contributed by atoms with van der Waals surface area (Å²) in [6.07, 6.45) is 7.64. The second-order valence-corrected chi connectivity index (χ2v) is 7.11. The molecule has 0 bridgehead atoms. The molecule has 1 fully saturated rings. The lowest BCUT2D eigenvalue weighted by atomic mass is 9.91. The highest BCUT2D eigenvalue weighted by molar-refractivity contribution is 7.80. The number of thiocarbonyl (C=S) groups is 1. The van der Waals surface area contributed by atoms with Crippen molar-refractivity contribution in [2.75, 3.05) is 13.2 Å². The van der Waals surface area contributed by atoms with Gasteiger partial charge in [-0.2, -0.15) is 0 Å². The van der Waals surface area contributed by atoms with Crippen molar-refractivity contribution in [3.8, 4) is 0 Å². The maximum atomic E-state index is 5.92. The number of nitrogens with zero attached hydrogens (tertiary/aromatic N) is 1. The lowest BCUT2D eigenvalue weighted by Gasteiger charge is -2.44. The van der Waals surface area contributed by atoms with Crippen molar-refractivity contribution in [3.05, 3.63) is 47.2 Å². The van der Waals surface area contributed by atoms with Crippen LogP contribution in [0.2, 0.25) is 0 Å². The molecule has 0 aromatic heterocycles. The highest BCUT2D eigenvalue weighted by Crippen LogP contribution is 2.37. The lowest BCUT2D eigenvalue weighted by molar-refractivity contribution is 0.0640. The van der Waals surface area contributed by atoms with Crippen LogP contribution in [0.1, 0.15) is 50.3 Å². The second kappa shape index (κ2) is 6.62. The normalized spacial score (nSPS) is 27.8. The van der Waals surface area contributed by atoms with Crippen molar-refractivity contribution in [1.29, 1.82) is 0 Å². The predicted molar refractivity (Wildman–Crippen MR) is 96.1 cm³/mol. The van der Waals surface area contributed by atoms with Crippen molar-refractivity contribution in [2.45, 2.75) is 50.8 Å². The first-order chi connectivity index (χ1) is 11.3. The van der Waals surface area contributed by atoms with Crippen LogP contribution in [0.5, 0.6) is 0 Å². The first-order valence-corrected chi connectivity index (χ1v) is 9.20. The van der Waals surface area contributed by atoms with Gasteiger partial charge in [-0.15, -0.1) is 0 Å². The molecule has 0 radical (unpaired) electrons. The molecule has 0 unspecified atom stereocenters. The molecule has 23 heavy (non-hydrogen) atoms. The van der Waals surface area contributed by atoms with Crippen molar-refractivity contribution in [2.24, 2.45) is 0 Å². The Hall–Kier alpha value is -1.39. The van der Waals surface area contributed by atoms with E-state index in [0.717, 1.165) is 31.0 Å². The predicted octanol–water partition coefficient (Wildman–Crippen LogP) is 3.92. The number of nitrogens with one attached hydrogen (secondary N) is 1. The topological polar surface area (TPSA) is 24.5 Å². The SMILES string of the molecule is S=C1N[C@H](c2ccccc2)N(C[C@H]2CCCO2)C2=C1CCCC2. The molecule has 1 aliphatic carbocycles. The Morgan fingerprint density at radius 3 is 2.74 bits per heavy atom. The van der Waals surface area contributed by atoms with Crippen LogP contribution in [0.4, 0.5) is 0 Å². The highest BCUT2D eigenvalue weighted by atomic mass is 32.1. The van der Waals surface area contributed by atoms with Crippen LogP contribution in [0.15, 0.2) is 41.6 Å². The number of benzene rings is 1. The van der Waals surface area contributed by atoms with E-state index in [4.69, 9.17) is 17.0 Å². The first-order valence-electron chi connectivity index (χ1n) is 8.79. The Morgan fingerprint density at radius 2 is 1.96 bits per heavy atom. The van der Waals surface area contributed by atoms with E-state index in [-0.39, 0.29) is 6.17 Å². The van der Waals surface area contributed by atoms with Crippen LogP contribution < -0.4 is 5.32 Å². The molecule has 1 N–H and O–H groups in total. The van der Waals surface area contributed by atoms with Crippen LogP contribution in [0, 0.1) is 0 Å². The Labute approximate surface area is 143 Å². The van der Waals surface area contributed by atoms with Gasteiger partial charge in [0, 0.05) is 24.4 Å². The zero-order chi connectivity index (χ0) is 15.6. The minimum absolute atomic E-state index is 0.143. The fourth-order valence-electron chi connectivity index (χ4n) is 4.02. The third-order valence-electron chi connectivity index (χ3n) is 5.18. The first kappa shape index (κ1) is 15.2. The largest absolute Gasteiger partial charge is 0.376 e. The van der Waals surface area contributed by atoms with Gasteiger partial charge in [-0.05, 0) is 44.1 Å². The molecule has 0 amide bonds. The van der Waals surface area contributed by atoms with Crippen LogP contribution in [0.3, 0.4) is 0 Å². The summed E-state index contributed by atoms with van der Waals surface area (Å²) in [7, 11) is 0. The number of hydrogen-bond donors (Lipinski definition) is 1. The van der Waals surface area contributed by atoms with Crippen LogP contribution in [-0.2, 0) is 4.74 Å². The van der Waals surface area contributed by atoms with E-state index in [1.807, 2.05) is 0 Å². The number of hydrogen-bond acceptors (Lipinski definition) is 3. The van der Waals surface area contributed by atoms with Crippen molar-refractivity contribution >= 4 is 17.2 Å². The van der Waals surface area contributed by atoms with Crippen molar-refractivity contribution in [3.63, 3.8) is 0 Å². The van der Waals surface area contributed by atoms with E-state index in [1.54, 1.807) is 0 Å². The molecule has 2 heterocycles. The molecule has 0 spiro atoms. The number of rotatable bonds is 3. The molecule has 2 aliphatic heterocycles. The van der Waals surface area contributed by atoms with Gasteiger partial charge in [0.25, 0.3) is 0 Å². The Kier molecular flexibility index (Phi) is 4.36. The van der Waals surface area contributed by atoms with Gasteiger partial charge in [-0.1, -0.05) is 42.5 Å². The van der Waals surface area contributed by atoms with Crippen LogP contribution in [-0.4, -0.2) is 29.1 Å². The third-order valence-corrected chi connectivity index (χ3v) is 5.54. The van der Waals surface area contributed by atoms with Gasteiger partial charge in [-0.25, -0.2) is 0 Å². The van der Waals surface area contributed by atoms with Crippen molar-refractivity contribution in [1.82, 2.24) is 10.2 Å². The van der Waals surface area contributed by atoms with Crippen LogP contribution >= 0.6 is 12.2 Å². The molecule has 1 saturated heterocycles. The van der Waals surface area contributed by atoms with E-state index in [9.17, 15) is 0 Å². The minimum Gasteiger partial charge on any atom is -0.376 e. The molecule has 0 saturated carbocycles. The number of ether oxygens (including phenoxy) is 1. The fourth-order valence-corrected chi connectivity index (χ4v) is 4.35. The van der Waals surface area contributed by atoms with Gasteiger partial charge in [0.15, 0.2) is 0 Å². The maximum Gasteiger partial charge on any atom is 0.126 e. The quantitative estimate of drug-likeness (QED) is 0.850. The summed E-state index contributed by atoms with van der Waals surface area (Å²) in [6, 6.07) is 10.7. The zero-order valence-corrected chi connectivity index (χ0v) is 14.3. The van der Waals surface area contributed by atoms with E-state index < -0.39 is 0 Å². The van der Waals surface area contributed by atoms with E-state index in [1.165, 1.54) is 42.5 Å². The summed E-state index contributed by atoms with van der Waals surface area (Å²) in [5, 5.41) is 3.60. The molecular formula is C19H24N2OS. The maximum absolute atomic E-state index is 5.92. The minimum atomic E-state index is 0.143. The van der Waals surface area contributed by atoms with Crippen LogP contribution in [0.25, 0.3) is 0 Å². The summed E-state index contributed by atoms with van der Waals surface area (Å²) in [5.74, 6) is 0. The Balaban J connectivity index is 1.69. The zero-order valence-electron chi connectivity index (χ0n) is 13.5. The molecule has 3 aliphatic rings. The van der Waals surface area contributed by atoms with E-state index in [2.05, 4.69) is 40.5 Å². The molecule has 1 aromatic carbocycles. The monoisotopic (exact) mass is 328 g/mol. The second-order valence-electron chi connectivity index (χ2n) is 6.71. The molecule has 4 rings (SSSR count). The molecule has 3 nitrogen and oxygen atoms in total. The Bertz CT molecular complexity index is 607. The molecule has 1 aromatic rings. The smallest absolute Gasteiger partial charge is 0.126 e. The fraction of sp³-hybridized carbons (Fsp3) is 0.526. The highest BCUT2D eigenvalue weighted by Gasteiger charge is 2.34. The molecule has 4 heteroatoms. The molecular weight excluding hydrogens is 304 g/mol. The number of allylic oxidation sites excluding steroid dienone is 1. The van der Waals surface area contributed by atoms with Gasteiger partial charge < -0.3 is 15.0 Å². The average molecular weight is 328 g/mol. The van der Waals surface area contributed by atoms with Gasteiger partial charge in [0.2, 0.25) is 0 Å². The summed E-state index contributed by atoms with van der Waals surface area (Å²) < 4.78 is 5.92. The van der Waals surface area contributed by atoms with Gasteiger partial charge in [0.1, 0.15) is 11.2 Å². The third kappa shape index (κ3) is 3.02. The Morgan fingerprint density at radius 1 is 1.13 bits per heavy atom. The van der Waals surface area contributed by atoms with Gasteiger partial charge >= 0.3 is 0 Å². The molecule has 122 valence electrons. The summed E-state index contributed by atoms with van der Waals surface area (Å²) >= 11 is 5.69. The summed E-state index contributed by atoms with van der Waals surface area (Å²) in [4.78, 5) is 3.49. The van der Waals surface area contributed by atoms with E-state index >= 15 is 0 Å². The van der Waals surface area contributed by atoms with E-state index in [0.29, 0.717) is 6.10 Å². The average Bonchev–Trinajstić information content (AvgIpc) is 3.11. The lowest BCUT2D eigenvalue weighted by Crippen LogP contribution is -2.49. The van der Waals surface area contributed by atoms with Gasteiger partial charge in [-0.3, -0.25) is 0 Å². The van der Waals surface area contributed by atoms with Gasteiger partial charge in [0.05, 0.1) is 6.10 Å². The standard InChI is InChI=1S/C19H24N2OS/c23-19-16-10-4-5-11-17(16)21(13-15-9-6-12-22-15)18(20-19)14-7-2-1-3-8-14/h1-3,7-8,15,18H,4-6,9-13H2,(H,20,23)/t15-,18+/m1/s1. The van der Waals surface area contributed by atoms with Crippen molar-refractivity contribution < 1.29 is 4.74 Å². The summed E-state index contributed by atoms with van der Waals surface area (Å²) in [6.45, 7) is 1.88.